The highest BCUT2D eigenvalue weighted by Gasteiger charge is 2.03. The van der Waals surface area contributed by atoms with E-state index in [0.29, 0.717) is 25.9 Å². The molecule has 0 atom stereocenters. The van der Waals surface area contributed by atoms with Crippen LogP contribution in [0.3, 0.4) is 0 Å². The summed E-state index contributed by atoms with van der Waals surface area (Å²) in [5, 5.41) is 2.83. The summed E-state index contributed by atoms with van der Waals surface area (Å²) < 4.78 is 1.60. The second-order valence-corrected chi connectivity index (χ2v) is 4.79. The van der Waals surface area contributed by atoms with Crippen LogP contribution in [0.5, 0.6) is 0 Å². The van der Waals surface area contributed by atoms with Gasteiger partial charge in [0.2, 0.25) is 11.5 Å². The number of carbonyl (C=O) groups excluding carboxylic acids is 1. The van der Waals surface area contributed by atoms with E-state index in [2.05, 4.69) is 5.32 Å². The molecule has 0 aliphatic rings. The van der Waals surface area contributed by atoms with Crippen molar-refractivity contribution in [3.63, 3.8) is 0 Å². The first-order chi connectivity index (χ1) is 10.2. The standard InChI is InChI=1S/C16H19N3O2/c17-12-13-6-8-14(9-7-13)18-15(20)4-3-11-19-10-2-1-5-16(19)21/h1-2,5-10H,3-4,11-12,17H2,(H,18,20). The molecule has 21 heavy (non-hydrogen) atoms. The largest absolute Gasteiger partial charge is 0.326 e. The van der Waals surface area contributed by atoms with Gasteiger partial charge in [0.05, 0.1) is 0 Å². The van der Waals surface area contributed by atoms with Crippen LogP contribution in [-0.4, -0.2) is 10.5 Å². The second-order valence-electron chi connectivity index (χ2n) is 4.79. The molecule has 0 fully saturated rings. The Balaban J connectivity index is 1.79. The molecule has 0 radical (unpaired) electrons. The number of aryl methyl sites for hydroxylation is 1. The molecule has 1 heterocycles. The van der Waals surface area contributed by atoms with Crippen molar-refractivity contribution in [2.75, 3.05) is 5.32 Å². The zero-order valence-corrected chi connectivity index (χ0v) is 11.8. The Kier molecular flexibility index (Phi) is 5.29. The lowest BCUT2D eigenvalue weighted by molar-refractivity contribution is -0.116. The Morgan fingerprint density at radius 3 is 2.57 bits per heavy atom. The molecule has 0 aliphatic heterocycles. The molecule has 0 spiro atoms. The summed E-state index contributed by atoms with van der Waals surface area (Å²) in [6.45, 7) is 1.03. The number of nitrogens with zero attached hydrogens (tertiary/aromatic N) is 1. The molecule has 0 bridgehead atoms. The zero-order valence-electron chi connectivity index (χ0n) is 11.8. The van der Waals surface area contributed by atoms with Crippen LogP contribution < -0.4 is 16.6 Å². The summed E-state index contributed by atoms with van der Waals surface area (Å²) in [4.78, 5) is 23.3. The molecule has 1 amide bonds. The van der Waals surface area contributed by atoms with Crippen molar-refractivity contribution < 1.29 is 4.79 Å². The minimum Gasteiger partial charge on any atom is -0.326 e. The number of hydrogen-bond acceptors (Lipinski definition) is 3. The highest BCUT2D eigenvalue weighted by atomic mass is 16.1. The monoisotopic (exact) mass is 285 g/mol. The average Bonchev–Trinajstić information content (AvgIpc) is 2.50. The van der Waals surface area contributed by atoms with Crippen LogP contribution in [0, 0.1) is 0 Å². The fourth-order valence-corrected chi connectivity index (χ4v) is 2.00. The van der Waals surface area contributed by atoms with E-state index in [0.717, 1.165) is 11.3 Å². The number of benzene rings is 1. The van der Waals surface area contributed by atoms with E-state index in [1.54, 1.807) is 22.9 Å². The van der Waals surface area contributed by atoms with Crippen molar-refractivity contribution in [3.8, 4) is 0 Å². The summed E-state index contributed by atoms with van der Waals surface area (Å²) in [6, 6.07) is 12.5. The van der Waals surface area contributed by atoms with Gasteiger partial charge in [-0.05, 0) is 30.2 Å². The SMILES string of the molecule is NCc1ccc(NC(=O)CCCn2ccccc2=O)cc1. The molecular formula is C16H19N3O2. The fourth-order valence-electron chi connectivity index (χ4n) is 2.00. The van der Waals surface area contributed by atoms with Gasteiger partial charge in [0.1, 0.15) is 0 Å². The summed E-state index contributed by atoms with van der Waals surface area (Å²) >= 11 is 0. The van der Waals surface area contributed by atoms with Crippen LogP contribution in [0.25, 0.3) is 0 Å². The van der Waals surface area contributed by atoms with Gasteiger partial charge in [0.15, 0.2) is 0 Å². The first-order valence-electron chi connectivity index (χ1n) is 6.93. The van der Waals surface area contributed by atoms with Gasteiger partial charge in [-0.2, -0.15) is 0 Å². The number of nitrogens with two attached hydrogens (primary N) is 1. The van der Waals surface area contributed by atoms with Crippen molar-refractivity contribution in [2.45, 2.75) is 25.9 Å². The first-order valence-corrected chi connectivity index (χ1v) is 6.93. The summed E-state index contributed by atoms with van der Waals surface area (Å²) in [5.74, 6) is -0.0560. The predicted molar refractivity (Wildman–Crippen MR) is 82.9 cm³/mol. The lowest BCUT2D eigenvalue weighted by Crippen LogP contribution is -2.19. The summed E-state index contributed by atoms with van der Waals surface area (Å²) in [6.07, 6.45) is 2.72. The van der Waals surface area contributed by atoms with E-state index in [9.17, 15) is 9.59 Å². The van der Waals surface area contributed by atoms with Crippen molar-refractivity contribution in [2.24, 2.45) is 5.73 Å². The molecule has 0 aliphatic carbocycles. The third kappa shape index (κ3) is 4.57. The molecule has 1 aromatic carbocycles. The van der Waals surface area contributed by atoms with Crippen LogP contribution in [0.4, 0.5) is 5.69 Å². The Bertz CT molecular complexity index is 647. The maximum atomic E-state index is 11.8. The third-order valence-electron chi connectivity index (χ3n) is 3.18. The number of nitrogens with one attached hydrogen (secondary N) is 1. The lowest BCUT2D eigenvalue weighted by Gasteiger charge is -2.07. The molecule has 0 saturated heterocycles. The van der Waals surface area contributed by atoms with E-state index < -0.39 is 0 Å². The molecule has 0 saturated carbocycles. The smallest absolute Gasteiger partial charge is 0.250 e. The van der Waals surface area contributed by atoms with Crippen LogP contribution in [-0.2, 0) is 17.9 Å². The number of aromatic nitrogens is 1. The van der Waals surface area contributed by atoms with Gasteiger partial charge in [-0.1, -0.05) is 18.2 Å². The van der Waals surface area contributed by atoms with Crippen LogP contribution >= 0.6 is 0 Å². The number of carbonyl (C=O) groups is 1. The molecule has 2 rings (SSSR count). The topological polar surface area (TPSA) is 77.1 Å². The average molecular weight is 285 g/mol. The first kappa shape index (κ1) is 15.0. The van der Waals surface area contributed by atoms with E-state index in [1.165, 1.54) is 6.07 Å². The van der Waals surface area contributed by atoms with Gasteiger partial charge >= 0.3 is 0 Å². The van der Waals surface area contributed by atoms with Gasteiger partial charge in [-0.25, -0.2) is 0 Å². The zero-order chi connectivity index (χ0) is 15.1. The highest BCUT2D eigenvalue weighted by molar-refractivity contribution is 5.90. The summed E-state index contributed by atoms with van der Waals surface area (Å²) in [7, 11) is 0. The van der Waals surface area contributed by atoms with Gasteiger partial charge in [0.25, 0.3) is 0 Å². The number of amides is 1. The number of anilines is 1. The Hall–Kier alpha value is -2.40. The van der Waals surface area contributed by atoms with Gasteiger partial charge < -0.3 is 15.6 Å². The van der Waals surface area contributed by atoms with Gasteiger partial charge in [-0.15, -0.1) is 0 Å². The van der Waals surface area contributed by atoms with Crippen molar-refractivity contribution in [1.82, 2.24) is 4.57 Å². The Morgan fingerprint density at radius 2 is 1.90 bits per heavy atom. The molecular weight excluding hydrogens is 266 g/mol. The van der Waals surface area contributed by atoms with Gasteiger partial charge in [0, 0.05) is 37.5 Å². The van der Waals surface area contributed by atoms with Crippen molar-refractivity contribution in [3.05, 3.63) is 64.6 Å². The van der Waals surface area contributed by atoms with Crippen LogP contribution in [0.1, 0.15) is 18.4 Å². The minimum atomic E-state index is -0.0560. The van der Waals surface area contributed by atoms with E-state index in [1.807, 2.05) is 24.3 Å². The molecule has 0 unspecified atom stereocenters. The van der Waals surface area contributed by atoms with Crippen molar-refractivity contribution in [1.29, 1.82) is 0 Å². The predicted octanol–water partition coefficient (Wildman–Crippen LogP) is 1.73. The highest BCUT2D eigenvalue weighted by Crippen LogP contribution is 2.09. The number of rotatable bonds is 6. The molecule has 2 aromatic rings. The Labute approximate surface area is 123 Å². The molecule has 5 heteroatoms. The summed E-state index contributed by atoms with van der Waals surface area (Å²) in [5.41, 5.74) is 7.26. The van der Waals surface area contributed by atoms with Crippen LogP contribution in [0.15, 0.2) is 53.5 Å². The van der Waals surface area contributed by atoms with Crippen LogP contribution in [0.2, 0.25) is 0 Å². The maximum absolute atomic E-state index is 11.8. The molecule has 5 nitrogen and oxygen atoms in total. The third-order valence-corrected chi connectivity index (χ3v) is 3.18. The molecule has 1 aromatic heterocycles. The maximum Gasteiger partial charge on any atom is 0.250 e. The van der Waals surface area contributed by atoms with E-state index in [-0.39, 0.29) is 11.5 Å². The van der Waals surface area contributed by atoms with E-state index in [4.69, 9.17) is 5.73 Å². The fraction of sp³-hybridized carbons (Fsp3) is 0.250. The molecule has 110 valence electrons. The lowest BCUT2D eigenvalue weighted by atomic mass is 10.2. The van der Waals surface area contributed by atoms with Gasteiger partial charge in [-0.3, -0.25) is 9.59 Å². The molecule has 3 N–H and O–H groups in total. The quantitative estimate of drug-likeness (QED) is 0.848. The second kappa shape index (κ2) is 7.40. The number of hydrogen-bond donors (Lipinski definition) is 2. The Morgan fingerprint density at radius 1 is 1.14 bits per heavy atom. The minimum absolute atomic E-state index is 0.0460. The number of pyridine rings is 1. The van der Waals surface area contributed by atoms with E-state index >= 15 is 0 Å². The normalized spacial score (nSPS) is 10.3. The van der Waals surface area contributed by atoms with Crippen molar-refractivity contribution >= 4 is 11.6 Å².